The Morgan fingerprint density at radius 2 is 1.02 bits per heavy atom. The highest BCUT2D eigenvalue weighted by atomic mass is 16.2. The molecule has 1 rings (SSSR count). The van der Waals surface area contributed by atoms with Gasteiger partial charge in [0.2, 0.25) is 17.7 Å². The summed E-state index contributed by atoms with van der Waals surface area (Å²) in [5.74, 6) is -0.464. The van der Waals surface area contributed by atoms with Gasteiger partial charge in [-0.3, -0.25) is 14.4 Å². The van der Waals surface area contributed by atoms with Gasteiger partial charge in [-0.15, -0.1) is 0 Å². The van der Waals surface area contributed by atoms with E-state index in [1.54, 1.807) is 0 Å². The van der Waals surface area contributed by atoms with Crippen molar-refractivity contribution in [1.82, 2.24) is 16.0 Å². The van der Waals surface area contributed by atoms with Gasteiger partial charge < -0.3 is 20.9 Å². The number of amides is 3. The van der Waals surface area contributed by atoms with E-state index < -0.39 is 6.04 Å². The summed E-state index contributed by atoms with van der Waals surface area (Å²) in [6, 6.07) is 7.13. The van der Waals surface area contributed by atoms with Gasteiger partial charge in [0, 0.05) is 39.3 Å². The second-order valence-corrected chi connectivity index (χ2v) is 13.4. The summed E-state index contributed by atoms with van der Waals surface area (Å²) < 4.78 is 0. The van der Waals surface area contributed by atoms with Crippen LogP contribution in [0, 0.1) is 0 Å². The molecule has 0 aromatic heterocycles. The molecule has 0 aliphatic rings. The lowest BCUT2D eigenvalue weighted by Crippen LogP contribution is -2.48. The van der Waals surface area contributed by atoms with Crippen LogP contribution in [0.4, 0.5) is 5.69 Å². The zero-order valence-electron chi connectivity index (χ0n) is 30.2. The lowest BCUT2D eigenvalue weighted by molar-refractivity contribution is -0.129. The van der Waals surface area contributed by atoms with E-state index in [4.69, 9.17) is 0 Å². The van der Waals surface area contributed by atoms with Gasteiger partial charge in [-0.05, 0) is 37.0 Å². The minimum atomic E-state index is -0.722. The van der Waals surface area contributed by atoms with E-state index >= 15 is 0 Å². The summed E-state index contributed by atoms with van der Waals surface area (Å²) in [7, 11) is 3.96. The lowest BCUT2D eigenvalue weighted by Gasteiger charge is -2.19. The monoisotopic (exact) mass is 643 g/mol. The van der Waals surface area contributed by atoms with Crippen molar-refractivity contribution in [3.63, 3.8) is 0 Å². The molecule has 0 unspecified atom stereocenters. The SMILES string of the molecule is CCCCCCCCCCCCNC(=O)CC[C@H](NC(=O)Cc1ccc(N(C)C)cc1)C(=O)NCCCCCCCCCCCC. The Bertz CT molecular complexity index is 903. The molecule has 0 spiro atoms. The maximum Gasteiger partial charge on any atom is 0.242 e. The molecule has 0 saturated heterocycles. The zero-order valence-corrected chi connectivity index (χ0v) is 30.2. The topological polar surface area (TPSA) is 90.5 Å². The fourth-order valence-electron chi connectivity index (χ4n) is 5.76. The first kappa shape index (κ1) is 41.5. The zero-order chi connectivity index (χ0) is 33.7. The molecule has 3 amide bonds. The highest BCUT2D eigenvalue weighted by Gasteiger charge is 2.21. The molecule has 3 N–H and O–H groups in total. The van der Waals surface area contributed by atoms with E-state index in [0.29, 0.717) is 19.5 Å². The molecule has 0 heterocycles. The molecule has 1 aromatic rings. The van der Waals surface area contributed by atoms with Gasteiger partial charge in [-0.25, -0.2) is 0 Å². The van der Waals surface area contributed by atoms with E-state index in [2.05, 4.69) is 29.8 Å². The summed E-state index contributed by atoms with van der Waals surface area (Å²) in [6.45, 7) is 5.76. The van der Waals surface area contributed by atoms with E-state index in [-0.39, 0.29) is 30.6 Å². The molecule has 0 bridgehead atoms. The maximum absolute atomic E-state index is 13.1. The molecule has 1 atom stereocenters. The molecule has 0 aliphatic heterocycles. The highest BCUT2D eigenvalue weighted by molar-refractivity contribution is 5.89. The van der Waals surface area contributed by atoms with E-state index in [9.17, 15) is 14.4 Å². The number of rotatable bonds is 30. The first-order chi connectivity index (χ1) is 22.4. The minimum absolute atomic E-state index is 0.0584. The number of benzene rings is 1. The van der Waals surface area contributed by atoms with Crippen molar-refractivity contribution >= 4 is 23.4 Å². The Hall–Kier alpha value is -2.57. The van der Waals surface area contributed by atoms with Crippen LogP contribution in [0.5, 0.6) is 0 Å². The first-order valence-electron chi connectivity index (χ1n) is 19.0. The van der Waals surface area contributed by atoms with Crippen molar-refractivity contribution in [3.05, 3.63) is 29.8 Å². The van der Waals surface area contributed by atoms with Crippen LogP contribution in [0.3, 0.4) is 0 Å². The second-order valence-electron chi connectivity index (χ2n) is 13.4. The normalized spacial score (nSPS) is 11.7. The molecule has 7 nitrogen and oxygen atoms in total. The Kier molecular flexibility index (Phi) is 25.8. The summed E-state index contributed by atoms with van der Waals surface area (Å²) in [6.07, 6.45) is 25.7. The Morgan fingerprint density at radius 3 is 1.48 bits per heavy atom. The second kappa shape index (κ2) is 28.6. The number of unbranched alkanes of at least 4 members (excludes halogenated alkanes) is 18. The number of nitrogens with one attached hydrogen (secondary N) is 3. The van der Waals surface area contributed by atoms with E-state index in [1.807, 2.05) is 43.3 Å². The number of anilines is 1. The van der Waals surface area contributed by atoms with Crippen molar-refractivity contribution in [1.29, 1.82) is 0 Å². The van der Waals surface area contributed by atoms with Gasteiger partial charge in [0.25, 0.3) is 0 Å². The van der Waals surface area contributed by atoms with Crippen LogP contribution < -0.4 is 20.9 Å². The van der Waals surface area contributed by atoms with Crippen molar-refractivity contribution in [3.8, 4) is 0 Å². The highest BCUT2D eigenvalue weighted by Crippen LogP contribution is 2.14. The molecule has 7 heteroatoms. The van der Waals surface area contributed by atoms with Crippen LogP contribution in [0.2, 0.25) is 0 Å². The lowest BCUT2D eigenvalue weighted by atomic mass is 10.1. The Morgan fingerprint density at radius 1 is 0.587 bits per heavy atom. The van der Waals surface area contributed by atoms with Gasteiger partial charge >= 0.3 is 0 Å². The van der Waals surface area contributed by atoms with Crippen molar-refractivity contribution in [2.45, 2.75) is 168 Å². The maximum atomic E-state index is 13.1. The Balaban J connectivity index is 2.42. The van der Waals surface area contributed by atoms with Gasteiger partial charge in [0.05, 0.1) is 6.42 Å². The molecular formula is C39H70N4O3. The summed E-state index contributed by atoms with van der Waals surface area (Å²) in [5, 5.41) is 8.95. The molecule has 264 valence electrons. The molecule has 0 fully saturated rings. The largest absolute Gasteiger partial charge is 0.378 e. The fourth-order valence-corrected chi connectivity index (χ4v) is 5.76. The standard InChI is InChI=1S/C39H70N4O3/c1-5-7-9-11-13-15-17-19-21-23-31-40-37(44)30-29-36(42-38(45)33-34-25-27-35(28-26-34)43(3)4)39(46)41-32-24-22-20-18-16-14-12-10-8-6-2/h25-28,36H,5-24,29-33H2,1-4H3,(H,40,44)(H,41,46)(H,42,45)/t36-/m0/s1. The van der Waals surface area contributed by atoms with Gasteiger partial charge in [0.15, 0.2) is 0 Å². The van der Waals surface area contributed by atoms with Crippen LogP contribution >= 0.6 is 0 Å². The number of carbonyl (C=O) groups excluding carboxylic acids is 3. The number of hydrogen-bond donors (Lipinski definition) is 3. The number of hydrogen-bond acceptors (Lipinski definition) is 4. The van der Waals surface area contributed by atoms with Gasteiger partial charge in [-0.2, -0.15) is 0 Å². The molecule has 0 aliphatic carbocycles. The average Bonchev–Trinajstić information content (AvgIpc) is 3.04. The van der Waals surface area contributed by atoms with Crippen LogP contribution in [-0.4, -0.2) is 50.9 Å². The van der Waals surface area contributed by atoms with Crippen LogP contribution in [-0.2, 0) is 20.8 Å². The van der Waals surface area contributed by atoms with Gasteiger partial charge in [0.1, 0.15) is 6.04 Å². The predicted molar refractivity (Wildman–Crippen MR) is 195 cm³/mol. The fraction of sp³-hybridized carbons (Fsp3) is 0.769. The summed E-state index contributed by atoms with van der Waals surface area (Å²) in [5.41, 5.74) is 1.96. The van der Waals surface area contributed by atoms with Crippen LogP contribution in [0.1, 0.15) is 161 Å². The van der Waals surface area contributed by atoms with Crippen LogP contribution in [0.25, 0.3) is 0 Å². The third-order valence-electron chi connectivity index (χ3n) is 8.81. The Labute approximate surface area is 282 Å². The van der Waals surface area contributed by atoms with Crippen molar-refractivity contribution in [2.75, 3.05) is 32.1 Å². The molecule has 0 saturated carbocycles. The van der Waals surface area contributed by atoms with Gasteiger partial charge in [-0.1, -0.05) is 142 Å². The molecule has 1 aromatic carbocycles. The quantitative estimate of drug-likeness (QED) is 0.0733. The van der Waals surface area contributed by atoms with E-state index in [1.165, 1.54) is 103 Å². The molecule has 46 heavy (non-hydrogen) atoms. The number of nitrogens with zero attached hydrogens (tertiary/aromatic N) is 1. The number of carbonyl (C=O) groups is 3. The van der Waals surface area contributed by atoms with Crippen molar-refractivity contribution in [2.24, 2.45) is 0 Å². The van der Waals surface area contributed by atoms with Crippen LogP contribution in [0.15, 0.2) is 24.3 Å². The summed E-state index contributed by atoms with van der Waals surface area (Å²) in [4.78, 5) is 40.7. The smallest absolute Gasteiger partial charge is 0.242 e. The third-order valence-corrected chi connectivity index (χ3v) is 8.81. The van der Waals surface area contributed by atoms with E-state index in [0.717, 1.165) is 36.9 Å². The first-order valence-corrected chi connectivity index (χ1v) is 19.0. The average molecular weight is 643 g/mol. The minimum Gasteiger partial charge on any atom is -0.378 e. The van der Waals surface area contributed by atoms with Crippen molar-refractivity contribution < 1.29 is 14.4 Å². The summed E-state index contributed by atoms with van der Waals surface area (Å²) >= 11 is 0. The molecule has 0 radical (unpaired) electrons. The molecular weight excluding hydrogens is 572 g/mol. The third kappa shape index (κ3) is 22.9. The predicted octanol–water partition coefficient (Wildman–Crippen LogP) is 8.63.